The smallest absolute Gasteiger partial charge is 0.408 e. The Kier molecular flexibility index (Phi) is 9.43. The number of rotatable bonds is 10. The molecule has 1 aliphatic rings. The second kappa shape index (κ2) is 12.6. The van der Waals surface area contributed by atoms with E-state index in [-0.39, 0.29) is 12.0 Å². The van der Waals surface area contributed by atoms with Crippen molar-refractivity contribution in [1.82, 2.24) is 10.2 Å². The molecule has 0 spiro atoms. The quantitative estimate of drug-likeness (QED) is 0.389. The highest BCUT2D eigenvalue weighted by Gasteiger charge is 2.48. The largest absolute Gasteiger partial charge is 0.497 e. The Morgan fingerprint density at radius 1 is 1.10 bits per heavy atom. The van der Waals surface area contributed by atoms with Crippen LogP contribution in [-0.2, 0) is 19.1 Å². The third kappa shape index (κ3) is 7.99. The van der Waals surface area contributed by atoms with Gasteiger partial charge in [0.2, 0.25) is 11.8 Å². The molecule has 3 rings (SSSR count). The fourth-order valence-corrected chi connectivity index (χ4v) is 4.29. The molecular weight excluding hydrogens is 512 g/mol. The Morgan fingerprint density at radius 3 is 2.17 bits per heavy atom. The van der Waals surface area contributed by atoms with Crippen molar-refractivity contribution < 1.29 is 28.7 Å². The molecule has 1 aliphatic carbocycles. The predicted octanol–water partition coefficient (Wildman–Crippen LogP) is 3.36. The molecule has 0 aromatic heterocycles. The molecule has 0 saturated heterocycles. The summed E-state index contributed by atoms with van der Waals surface area (Å²) >= 11 is 0. The first-order valence-electron chi connectivity index (χ1n) is 12.9. The lowest BCUT2D eigenvalue weighted by atomic mass is 10.00. The number of carbonyl (C=O) groups is 4. The summed E-state index contributed by atoms with van der Waals surface area (Å²) in [6.07, 6.45) is 4.80. The number of alkyl carbamates (subject to hydrolysis) is 1. The highest BCUT2D eigenvalue weighted by molar-refractivity contribution is 6.00. The van der Waals surface area contributed by atoms with Gasteiger partial charge in [0.15, 0.2) is 0 Å². The van der Waals surface area contributed by atoms with E-state index in [4.69, 9.17) is 21.6 Å². The molecule has 0 aliphatic heterocycles. The summed E-state index contributed by atoms with van der Waals surface area (Å²) in [7, 11) is 1.54. The topological polar surface area (TPSA) is 140 Å². The van der Waals surface area contributed by atoms with Gasteiger partial charge >= 0.3 is 6.09 Å². The minimum atomic E-state index is -1.35. The van der Waals surface area contributed by atoms with Gasteiger partial charge in [0.25, 0.3) is 5.91 Å². The highest BCUT2D eigenvalue weighted by atomic mass is 16.6. The lowest BCUT2D eigenvalue weighted by molar-refractivity contribution is -0.142. The lowest BCUT2D eigenvalue weighted by Gasteiger charge is -2.35. The van der Waals surface area contributed by atoms with Crippen LogP contribution in [0.3, 0.4) is 0 Å². The van der Waals surface area contributed by atoms with Crippen molar-refractivity contribution in [2.45, 2.75) is 64.3 Å². The number of terminal acetylenes is 1. The van der Waals surface area contributed by atoms with E-state index in [1.54, 1.807) is 69.3 Å². The standard InChI is InChI=1S/C30H36N4O6/c1-7-19-8-10-20(11-9-19)26(27(36)32-21-12-14-22(39-6)15-13-21)34(24-16-18(24)2)28(37)23(17-25(31)35)33-29(38)40-30(3,4)5/h1,8-15,18,23-24,26H,16-17H2,2-6H3,(H2,31,35)(H,32,36)(H,33,38). The number of nitrogens with two attached hydrogens (primary N) is 1. The van der Waals surface area contributed by atoms with Gasteiger partial charge in [-0.1, -0.05) is 25.0 Å². The van der Waals surface area contributed by atoms with Crippen LogP contribution in [0.4, 0.5) is 10.5 Å². The molecule has 0 radical (unpaired) electrons. The molecule has 2 aromatic rings. The van der Waals surface area contributed by atoms with Crippen LogP contribution in [0.15, 0.2) is 48.5 Å². The maximum Gasteiger partial charge on any atom is 0.408 e. The van der Waals surface area contributed by atoms with Crippen LogP contribution in [0.25, 0.3) is 0 Å². The van der Waals surface area contributed by atoms with Gasteiger partial charge < -0.3 is 30.7 Å². The van der Waals surface area contributed by atoms with E-state index in [9.17, 15) is 19.2 Å². The van der Waals surface area contributed by atoms with Gasteiger partial charge in [-0.2, -0.15) is 0 Å². The summed E-state index contributed by atoms with van der Waals surface area (Å²) < 4.78 is 10.5. The van der Waals surface area contributed by atoms with E-state index in [1.807, 2.05) is 6.92 Å². The number of hydrogen-bond acceptors (Lipinski definition) is 6. The van der Waals surface area contributed by atoms with Crippen molar-refractivity contribution in [1.29, 1.82) is 0 Å². The Morgan fingerprint density at radius 2 is 1.70 bits per heavy atom. The third-order valence-corrected chi connectivity index (χ3v) is 6.35. The van der Waals surface area contributed by atoms with Gasteiger partial charge in [-0.15, -0.1) is 6.42 Å². The summed E-state index contributed by atoms with van der Waals surface area (Å²) in [5.74, 6) is 1.33. The molecule has 0 bridgehead atoms. The maximum absolute atomic E-state index is 14.1. The Hall–Kier alpha value is -4.52. The summed E-state index contributed by atoms with van der Waals surface area (Å²) in [6.45, 7) is 6.98. The third-order valence-electron chi connectivity index (χ3n) is 6.35. The van der Waals surface area contributed by atoms with Crippen LogP contribution in [0.1, 0.15) is 57.7 Å². The first-order chi connectivity index (χ1) is 18.8. The summed E-state index contributed by atoms with van der Waals surface area (Å²) in [4.78, 5) is 54.0. The number of hydrogen-bond donors (Lipinski definition) is 3. The highest BCUT2D eigenvalue weighted by Crippen LogP contribution is 2.41. The first-order valence-corrected chi connectivity index (χ1v) is 12.9. The van der Waals surface area contributed by atoms with Gasteiger partial charge in [0, 0.05) is 17.3 Å². The van der Waals surface area contributed by atoms with Crippen LogP contribution in [0, 0.1) is 18.3 Å². The van der Waals surface area contributed by atoms with E-state index >= 15 is 0 Å². The monoisotopic (exact) mass is 548 g/mol. The number of benzene rings is 2. The summed E-state index contributed by atoms with van der Waals surface area (Å²) in [5, 5.41) is 5.36. The second-order valence-electron chi connectivity index (χ2n) is 10.8. The van der Waals surface area contributed by atoms with Crippen LogP contribution >= 0.6 is 0 Å². The SMILES string of the molecule is C#Cc1ccc(C(C(=O)Nc2ccc(OC)cc2)N(C(=O)C(CC(N)=O)NC(=O)OC(C)(C)C)C2CC2C)cc1. The van der Waals surface area contributed by atoms with Gasteiger partial charge in [0.1, 0.15) is 23.4 Å². The number of nitrogens with zero attached hydrogens (tertiary/aromatic N) is 1. The fraction of sp³-hybridized carbons (Fsp3) is 0.400. The van der Waals surface area contributed by atoms with Crippen molar-refractivity contribution in [2.75, 3.05) is 12.4 Å². The van der Waals surface area contributed by atoms with Crippen molar-refractivity contribution in [2.24, 2.45) is 11.7 Å². The average Bonchev–Trinajstić information content (AvgIpc) is 3.61. The van der Waals surface area contributed by atoms with Crippen LogP contribution in [-0.4, -0.2) is 53.5 Å². The van der Waals surface area contributed by atoms with E-state index < -0.39 is 47.9 Å². The molecule has 1 fully saturated rings. The zero-order valence-electron chi connectivity index (χ0n) is 23.4. The molecule has 10 nitrogen and oxygen atoms in total. The number of primary amides is 1. The van der Waals surface area contributed by atoms with Gasteiger partial charge in [0.05, 0.1) is 13.5 Å². The first kappa shape index (κ1) is 30.0. The molecule has 4 atom stereocenters. The molecule has 40 heavy (non-hydrogen) atoms. The second-order valence-corrected chi connectivity index (χ2v) is 10.8. The van der Waals surface area contributed by atoms with Crippen LogP contribution in [0.2, 0.25) is 0 Å². The molecule has 0 heterocycles. The molecule has 2 aromatic carbocycles. The molecule has 4 unspecified atom stereocenters. The fourth-order valence-electron chi connectivity index (χ4n) is 4.29. The van der Waals surface area contributed by atoms with Crippen LogP contribution < -0.4 is 21.1 Å². The number of methoxy groups -OCH3 is 1. The number of amides is 4. The number of ether oxygens (including phenoxy) is 2. The van der Waals surface area contributed by atoms with E-state index in [0.29, 0.717) is 29.0 Å². The van der Waals surface area contributed by atoms with Crippen molar-refractivity contribution in [3.63, 3.8) is 0 Å². The Labute approximate surface area is 234 Å². The average molecular weight is 549 g/mol. The summed E-state index contributed by atoms with van der Waals surface area (Å²) in [6, 6.07) is 10.7. The van der Waals surface area contributed by atoms with Crippen molar-refractivity contribution >= 4 is 29.5 Å². The zero-order chi connectivity index (χ0) is 29.6. The predicted molar refractivity (Wildman–Crippen MR) is 150 cm³/mol. The van der Waals surface area contributed by atoms with E-state index in [2.05, 4.69) is 16.6 Å². The molecule has 1 saturated carbocycles. The molecular formula is C30H36N4O6. The number of nitrogens with one attached hydrogen (secondary N) is 2. The van der Waals surface area contributed by atoms with Gasteiger partial charge in [-0.25, -0.2) is 4.79 Å². The molecule has 4 amide bonds. The van der Waals surface area contributed by atoms with Crippen LogP contribution in [0.5, 0.6) is 5.75 Å². The summed E-state index contributed by atoms with van der Waals surface area (Å²) in [5.41, 5.74) is 6.22. The Bertz CT molecular complexity index is 1280. The van der Waals surface area contributed by atoms with Crippen molar-refractivity contribution in [3.8, 4) is 18.1 Å². The minimum absolute atomic E-state index is 0.0842. The van der Waals surface area contributed by atoms with E-state index in [0.717, 1.165) is 0 Å². The molecule has 10 heteroatoms. The minimum Gasteiger partial charge on any atom is -0.497 e. The van der Waals surface area contributed by atoms with E-state index in [1.165, 1.54) is 12.0 Å². The molecule has 4 N–H and O–H groups in total. The zero-order valence-corrected chi connectivity index (χ0v) is 23.4. The Balaban J connectivity index is 2.03. The van der Waals surface area contributed by atoms with Gasteiger partial charge in [-0.05, 0) is 75.1 Å². The number of anilines is 1. The lowest BCUT2D eigenvalue weighted by Crippen LogP contribution is -2.54. The molecule has 212 valence electrons. The normalized spacial score (nSPS) is 17.4. The number of carbonyl (C=O) groups excluding carboxylic acids is 4. The maximum atomic E-state index is 14.1. The van der Waals surface area contributed by atoms with Gasteiger partial charge in [-0.3, -0.25) is 14.4 Å². The van der Waals surface area contributed by atoms with Crippen molar-refractivity contribution in [3.05, 3.63) is 59.7 Å².